The Hall–Kier alpha value is -0.300. The maximum absolute atomic E-state index is 4.61. The lowest BCUT2D eigenvalue weighted by molar-refractivity contribution is 0.225. The molecule has 2 N–H and O–H groups in total. The Labute approximate surface area is 153 Å². The molecule has 1 aliphatic carbocycles. The highest BCUT2D eigenvalue weighted by atomic mass is 127. The lowest BCUT2D eigenvalue weighted by atomic mass is 10.1. The molecule has 1 saturated heterocycles. The number of rotatable bonds is 7. The van der Waals surface area contributed by atoms with Crippen LogP contribution in [0.4, 0.5) is 0 Å². The van der Waals surface area contributed by atoms with E-state index >= 15 is 0 Å². The molecule has 0 amide bonds. The van der Waals surface area contributed by atoms with Gasteiger partial charge in [0.15, 0.2) is 5.96 Å². The fraction of sp³-hybridized carbons (Fsp3) is 0.824. The monoisotopic (exact) mass is 420 g/mol. The van der Waals surface area contributed by atoms with Gasteiger partial charge >= 0.3 is 0 Å². The Bertz CT molecular complexity index is 351. The summed E-state index contributed by atoms with van der Waals surface area (Å²) in [5.41, 5.74) is 0. The highest BCUT2D eigenvalue weighted by Gasteiger charge is 2.36. The maximum atomic E-state index is 4.61. The normalized spacial score (nSPS) is 26.2. The van der Waals surface area contributed by atoms with Crippen LogP contribution in [0.5, 0.6) is 0 Å². The number of aliphatic imine (C=N–C) groups is 1. The molecule has 0 aromatic heterocycles. The molecule has 4 nitrogen and oxygen atoms in total. The summed E-state index contributed by atoms with van der Waals surface area (Å²) in [4.78, 5) is 7.08. The van der Waals surface area contributed by atoms with Gasteiger partial charge in [0, 0.05) is 38.3 Å². The molecule has 0 bridgehead atoms. The zero-order chi connectivity index (χ0) is 15.1. The Morgan fingerprint density at radius 3 is 2.59 bits per heavy atom. The molecule has 128 valence electrons. The predicted molar refractivity (Wildman–Crippen MR) is 106 cm³/mol. The van der Waals surface area contributed by atoms with Crippen LogP contribution in [0.2, 0.25) is 0 Å². The van der Waals surface area contributed by atoms with Gasteiger partial charge in [-0.05, 0) is 38.5 Å². The van der Waals surface area contributed by atoms with Crippen molar-refractivity contribution >= 4 is 29.9 Å². The van der Waals surface area contributed by atoms with Crippen LogP contribution < -0.4 is 10.6 Å². The second-order valence-corrected chi connectivity index (χ2v) is 6.37. The van der Waals surface area contributed by atoms with E-state index in [1.165, 1.54) is 32.1 Å². The van der Waals surface area contributed by atoms with Crippen molar-refractivity contribution in [2.45, 2.75) is 58.0 Å². The molecular weight excluding hydrogens is 387 g/mol. The first-order valence-corrected chi connectivity index (χ1v) is 8.67. The first-order chi connectivity index (χ1) is 10.3. The van der Waals surface area contributed by atoms with Gasteiger partial charge in [-0.25, -0.2) is 0 Å². The second kappa shape index (κ2) is 10.5. The van der Waals surface area contributed by atoms with Crippen LogP contribution in [-0.2, 0) is 0 Å². The maximum Gasteiger partial charge on any atom is 0.191 e. The van der Waals surface area contributed by atoms with Crippen molar-refractivity contribution < 1.29 is 0 Å². The Kier molecular flexibility index (Phi) is 9.40. The predicted octanol–water partition coefficient (Wildman–Crippen LogP) is 3.00. The number of nitrogens with zero attached hydrogens (tertiary/aromatic N) is 2. The van der Waals surface area contributed by atoms with E-state index in [1.807, 2.05) is 6.08 Å². The Morgan fingerprint density at radius 2 is 2.00 bits per heavy atom. The first kappa shape index (κ1) is 19.7. The zero-order valence-corrected chi connectivity index (χ0v) is 16.5. The van der Waals surface area contributed by atoms with Crippen LogP contribution in [0, 0.1) is 5.92 Å². The number of hydrogen-bond donors (Lipinski definition) is 2. The molecule has 22 heavy (non-hydrogen) atoms. The van der Waals surface area contributed by atoms with Gasteiger partial charge in [0.05, 0.1) is 0 Å². The van der Waals surface area contributed by atoms with Crippen LogP contribution in [0.25, 0.3) is 0 Å². The van der Waals surface area contributed by atoms with Crippen LogP contribution in [0.15, 0.2) is 17.6 Å². The third-order valence-electron chi connectivity index (χ3n) is 4.54. The minimum atomic E-state index is 0. The molecule has 0 aromatic carbocycles. The number of hydrogen-bond acceptors (Lipinski definition) is 2. The van der Waals surface area contributed by atoms with Crippen LogP contribution in [0.1, 0.15) is 46.0 Å². The van der Waals surface area contributed by atoms with E-state index in [1.54, 1.807) is 0 Å². The van der Waals surface area contributed by atoms with Crippen molar-refractivity contribution in [3.63, 3.8) is 0 Å². The average molecular weight is 420 g/mol. The number of likely N-dealkylation sites (tertiary alicyclic amines) is 1. The lowest BCUT2D eigenvalue weighted by Gasteiger charge is -2.32. The fourth-order valence-corrected chi connectivity index (χ4v) is 3.22. The summed E-state index contributed by atoms with van der Waals surface area (Å²) in [7, 11) is 0. The molecule has 2 rings (SSSR count). The van der Waals surface area contributed by atoms with Gasteiger partial charge in [0.1, 0.15) is 0 Å². The third-order valence-corrected chi connectivity index (χ3v) is 4.54. The molecule has 0 spiro atoms. The van der Waals surface area contributed by atoms with Gasteiger partial charge in [0.25, 0.3) is 0 Å². The van der Waals surface area contributed by atoms with Gasteiger partial charge < -0.3 is 10.6 Å². The summed E-state index contributed by atoms with van der Waals surface area (Å²) in [5, 5.41) is 7.26. The van der Waals surface area contributed by atoms with E-state index in [0.29, 0.717) is 12.1 Å². The molecule has 1 saturated carbocycles. The SMILES string of the molecule is C=CCN1CCC(NC(=NCC)NC2CC2CCC)CC1.I. The van der Waals surface area contributed by atoms with Crippen molar-refractivity contribution in [1.29, 1.82) is 0 Å². The number of halogens is 1. The zero-order valence-electron chi connectivity index (χ0n) is 14.2. The van der Waals surface area contributed by atoms with Gasteiger partial charge in [0.2, 0.25) is 0 Å². The van der Waals surface area contributed by atoms with E-state index in [0.717, 1.165) is 38.1 Å². The molecule has 2 atom stereocenters. The summed E-state index contributed by atoms with van der Waals surface area (Å²) >= 11 is 0. The average Bonchev–Trinajstić information content (AvgIpc) is 3.20. The van der Waals surface area contributed by atoms with Crippen molar-refractivity contribution in [2.24, 2.45) is 10.9 Å². The molecule has 1 aliphatic heterocycles. The molecule has 0 aromatic rings. The van der Waals surface area contributed by atoms with Crippen LogP contribution in [0.3, 0.4) is 0 Å². The minimum Gasteiger partial charge on any atom is -0.354 e. The van der Waals surface area contributed by atoms with E-state index in [2.05, 4.69) is 41.0 Å². The van der Waals surface area contributed by atoms with Crippen molar-refractivity contribution in [3.8, 4) is 0 Å². The number of nitrogens with one attached hydrogen (secondary N) is 2. The smallest absolute Gasteiger partial charge is 0.191 e. The second-order valence-electron chi connectivity index (χ2n) is 6.37. The van der Waals surface area contributed by atoms with E-state index in [9.17, 15) is 0 Å². The molecule has 5 heteroatoms. The van der Waals surface area contributed by atoms with E-state index < -0.39 is 0 Å². The van der Waals surface area contributed by atoms with Crippen LogP contribution >= 0.6 is 24.0 Å². The van der Waals surface area contributed by atoms with Crippen molar-refractivity contribution in [2.75, 3.05) is 26.2 Å². The Morgan fingerprint density at radius 1 is 1.27 bits per heavy atom. The van der Waals surface area contributed by atoms with Gasteiger partial charge in [-0.3, -0.25) is 9.89 Å². The first-order valence-electron chi connectivity index (χ1n) is 8.67. The van der Waals surface area contributed by atoms with E-state index in [4.69, 9.17) is 0 Å². The van der Waals surface area contributed by atoms with E-state index in [-0.39, 0.29) is 24.0 Å². The highest BCUT2D eigenvalue weighted by molar-refractivity contribution is 14.0. The van der Waals surface area contributed by atoms with Gasteiger partial charge in [-0.15, -0.1) is 30.6 Å². The molecule has 2 fully saturated rings. The molecule has 2 unspecified atom stereocenters. The van der Waals surface area contributed by atoms with Crippen LogP contribution in [-0.4, -0.2) is 49.1 Å². The number of piperidine rings is 1. The molecule has 0 radical (unpaired) electrons. The quantitative estimate of drug-likeness (QED) is 0.288. The molecular formula is C17H33IN4. The summed E-state index contributed by atoms with van der Waals surface area (Å²) in [6.07, 6.45) is 8.34. The standard InChI is InChI=1S/C17H32N4.HI/c1-4-7-14-13-16(14)20-17(18-6-3)19-15-8-11-21(10-5-2)12-9-15;/h5,14-16H,2,4,6-13H2,1,3H3,(H2,18,19,20);1H. The highest BCUT2D eigenvalue weighted by Crippen LogP contribution is 2.34. The number of guanidine groups is 1. The molecule has 2 aliphatic rings. The fourth-order valence-electron chi connectivity index (χ4n) is 3.22. The third kappa shape index (κ3) is 6.44. The van der Waals surface area contributed by atoms with Gasteiger partial charge in [-0.2, -0.15) is 0 Å². The van der Waals surface area contributed by atoms with Crippen molar-refractivity contribution in [3.05, 3.63) is 12.7 Å². The summed E-state index contributed by atoms with van der Waals surface area (Å²) in [6.45, 7) is 12.4. The largest absolute Gasteiger partial charge is 0.354 e. The topological polar surface area (TPSA) is 39.7 Å². The molecule has 1 heterocycles. The lowest BCUT2D eigenvalue weighted by Crippen LogP contribution is -2.49. The summed E-state index contributed by atoms with van der Waals surface area (Å²) in [5.74, 6) is 1.90. The minimum absolute atomic E-state index is 0. The van der Waals surface area contributed by atoms with Gasteiger partial charge in [-0.1, -0.05) is 19.4 Å². The summed E-state index contributed by atoms with van der Waals surface area (Å²) in [6, 6.07) is 1.22. The van der Waals surface area contributed by atoms with Crippen molar-refractivity contribution in [1.82, 2.24) is 15.5 Å². The Balaban J connectivity index is 0.00000242. The summed E-state index contributed by atoms with van der Waals surface area (Å²) < 4.78 is 0.